The minimum absolute atomic E-state index is 0.107. The molecule has 0 spiro atoms. The van der Waals surface area contributed by atoms with E-state index in [2.05, 4.69) is 35.7 Å². The monoisotopic (exact) mass is 333 g/mol. The Balaban J connectivity index is 1.52. The Hall–Kier alpha value is -2.38. The Kier molecular flexibility index (Phi) is 4.67. The Morgan fingerprint density at radius 3 is 2.84 bits per heavy atom. The highest BCUT2D eigenvalue weighted by atomic mass is 16.5. The van der Waals surface area contributed by atoms with Gasteiger partial charge in [-0.25, -0.2) is 4.98 Å². The number of hydrogen-bond acceptors (Lipinski definition) is 4. The predicted octanol–water partition coefficient (Wildman–Crippen LogP) is 4.16. The van der Waals surface area contributed by atoms with E-state index in [1.165, 1.54) is 29.7 Å². The summed E-state index contributed by atoms with van der Waals surface area (Å²) in [5.41, 5.74) is 4.30. The number of benzene rings is 1. The highest BCUT2D eigenvalue weighted by Gasteiger charge is 2.25. The van der Waals surface area contributed by atoms with Crippen molar-refractivity contribution in [3.05, 3.63) is 58.8 Å². The van der Waals surface area contributed by atoms with Crippen molar-refractivity contribution < 1.29 is 4.74 Å². The summed E-state index contributed by atoms with van der Waals surface area (Å²) in [6, 6.07) is 15.0. The van der Waals surface area contributed by atoms with Crippen LogP contribution in [0.4, 0.5) is 5.82 Å². The fraction of sp³-hybridized carbons (Fsp3) is 0.429. The first-order valence-corrected chi connectivity index (χ1v) is 9.19. The van der Waals surface area contributed by atoms with E-state index in [0.717, 1.165) is 38.1 Å². The van der Waals surface area contributed by atoms with Gasteiger partial charge in [-0.05, 0) is 55.7 Å². The molecule has 4 nitrogen and oxygen atoms in total. The number of rotatable bonds is 3. The third kappa shape index (κ3) is 3.52. The van der Waals surface area contributed by atoms with Gasteiger partial charge in [-0.2, -0.15) is 5.26 Å². The molecule has 0 bridgehead atoms. The van der Waals surface area contributed by atoms with Crippen molar-refractivity contribution in [2.45, 2.75) is 50.7 Å². The highest BCUT2D eigenvalue weighted by molar-refractivity contribution is 5.55. The molecule has 1 aromatic carbocycles. The summed E-state index contributed by atoms with van der Waals surface area (Å²) in [6.07, 6.45) is 6.40. The zero-order chi connectivity index (χ0) is 17.1. The van der Waals surface area contributed by atoms with Gasteiger partial charge in [0, 0.05) is 18.3 Å². The van der Waals surface area contributed by atoms with E-state index >= 15 is 0 Å². The van der Waals surface area contributed by atoms with Crippen LogP contribution >= 0.6 is 0 Å². The molecule has 1 N–H and O–H groups in total. The van der Waals surface area contributed by atoms with Gasteiger partial charge in [0.15, 0.2) is 0 Å². The summed E-state index contributed by atoms with van der Waals surface area (Å²) >= 11 is 0. The minimum atomic E-state index is 0.107. The Morgan fingerprint density at radius 1 is 1.16 bits per heavy atom. The summed E-state index contributed by atoms with van der Waals surface area (Å²) in [4.78, 5) is 4.80. The van der Waals surface area contributed by atoms with Crippen LogP contribution in [0.3, 0.4) is 0 Å². The fourth-order valence-electron chi connectivity index (χ4n) is 3.85. The Bertz CT molecular complexity index is 782. The number of anilines is 1. The van der Waals surface area contributed by atoms with Gasteiger partial charge in [0.25, 0.3) is 0 Å². The van der Waals surface area contributed by atoms with Crippen LogP contribution in [0.15, 0.2) is 36.4 Å². The molecule has 1 aromatic heterocycles. The second kappa shape index (κ2) is 7.25. The molecule has 0 saturated carbocycles. The Labute approximate surface area is 148 Å². The van der Waals surface area contributed by atoms with Gasteiger partial charge in [0.05, 0.1) is 11.7 Å². The molecule has 2 heterocycles. The second-order valence-corrected chi connectivity index (χ2v) is 6.95. The maximum absolute atomic E-state index is 9.52. The van der Waals surface area contributed by atoms with E-state index in [-0.39, 0.29) is 12.1 Å². The molecular formula is C21H23N3O. The third-order valence-corrected chi connectivity index (χ3v) is 5.22. The van der Waals surface area contributed by atoms with Crippen molar-refractivity contribution in [1.82, 2.24) is 4.98 Å². The van der Waals surface area contributed by atoms with Gasteiger partial charge in [-0.3, -0.25) is 0 Å². The molecule has 128 valence electrons. The number of aryl methyl sites for hydroxylation is 2. The number of nitrogens with zero attached hydrogens (tertiary/aromatic N) is 2. The third-order valence-electron chi connectivity index (χ3n) is 5.22. The van der Waals surface area contributed by atoms with Gasteiger partial charge >= 0.3 is 0 Å². The molecule has 1 aliphatic heterocycles. The first-order chi connectivity index (χ1) is 12.3. The molecule has 2 atom stereocenters. The minimum Gasteiger partial charge on any atom is -0.373 e. The molecule has 1 fully saturated rings. The van der Waals surface area contributed by atoms with E-state index in [4.69, 9.17) is 9.72 Å². The molecule has 2 aromatic rings. The molecule has 2 unspecified atom stereocenters. The van der Waals surface area contributed by atoms with Crippen molar-refractivity contribution in [2.75, 3.05) is 11.9 Å². The smallest absolute Gasteiger partial charge is 0.144 e. The van der Waals surface area contributed by atoms with Crippen molar-refractivity contribution in [3.8, 4) is 6.07 Å². The molecule has 0 amide bonds. The number of pyridine rings is 1. The summed E-state index contributed by atoms with van der Waals surface area (Å²) in [6.45, 7) is 0.726. The fourth-order valence-corrected chi connectivity index (χ4v) is 3.85. The van der Waals surface area contributed by atoms with Crippen molar-refractivity contribution in [3.63, 3.8) is 0 Å². The number of hydrogen-bond donors (Lipinski definition) is 1. The first-order valence-electron chi connectivity index (χ1n) is 9.19. The summed E-state index contributed by atoms with van der Waals surface area (Å²) < 4.78 is 5.95. The van der Waals surface area contributed by atoms with Crippen LogP contribution in [0.5, 0.6) is 0 Å². The van der Waals surface area contributed by atoms with E-state index in [9.17, 15) is 5.26 Å². The van der Waals surface area contributed by atoms with Crippen LogP contribution < -0.4 is 5.32 Å². The van der Waals surface area contributed by atoms with Gasteiger partial charge in [-0.1, -0.05) is 30.3 Å². The van der Waals surface area contributed by atoms with E-state index in [0.29, 0.717) is 5.56 Å². The number of ether oxygens (including phenoxy) is 1. The van der Waals surface area contributed by atoms with Gasteiger partial charge in [0.1, 0.15) is 11.9 Å². The maximum Gasteiger partial charge on any atom is 0.144 e. The predicted molar refractivity (Wildman–Crippen MR) is 97.4 cm³/mol. The van der Waals surface area contributed by atoms with Crippen LogP contribution in [0.2, 0.25) is 0 Å². The standard InChI is InChI=1S/C21H23N3O/c22-14-17-12-16-8-4-5-9-19(16)24-21(17)23-18-10-11-25-20(13-18)15-6-2-1-3-7-15/h1-3,6-7,12,18,20H,4-5,8-11,13H2,(H,23,24). The number of nitriles is 1. The largest absolute Gasteiger partial charge is 0.373 e. The average molecular weight is 333 g/mol. The average Bonchev–Trinajstić information content (AvgIpc) is 2.68. The molecule has 2 aliphatic rings. The lowest BCUT2D eigenvalue weighted by Gasteiger charge is -2.31. The lowest BCUT2D eigenvalue weighted by Crippen LogP contribution is -2.31. The topological polar surface area (TPSA) is 57.9 Å². The zero-order valence-corrected chi connectivity index (χ0v) is 14.4. The number of aromatic nitrogens is 1. The molecular weight excluding hydrogens is 310 g/mol. The van der Waals surface area contributed by atoms with E-state index < -0.39 is 0 Å². The molecule has 1 aliphatic carbocycles. The Morgan fingerprint density at radius 2 is 2.00 bits per heavy atom. The number of fused-ring (bicyclic) bond motifs is 1. The van der Waals surface area contributed by atoms with Gasteiger partial charge in [0.2, 0.25) is 0 Å². The van der Waals surface area contributed by atoms with Crippen LogP contribution in [0.1, 0.15) is 54.2 Å². The van der Waals surface area contributed by atoms with E-state index in [1.54, 1.807) is 0 Å². The van der Waals surface area contributed by atoms with Crippen molar-refractivity contribution >= 4 is 5.82 Å². The van der Waals surface area contributed by atoms with Gasteiger partial charge in [-0.15, -0.1) is 0 Å². The van der Waals surface area contributed by atoms with Crippen molar-refractivity contribution in [1.29, 1.82) is 5.26 Å². The van der Waals surface area contributed by atoms with E-state index in [1.807, 2.05) is 12.1 Å². The van der Waals surface area contributed by atoms with Gasteiger partial charge < -0.3 is 10.1 Å². The highest BCUT2D eigenvalue weighted by Crippen LogP contribution is 2.31. The second-order valence-electron chi connectivity index (χ2n) is 6.95. The molecule has 4 rings (SSSR count). The lowest BCUT2D eigenvalue weighted by molar-refractivity contribution is 0.00974. The van der Waals surface area contributed by atoms with Crippen LogP contribution in [-0.2, 0) is 17.6 Å². The van der Waals surface area contributed by atoms with Crippen LogP contribution in [0.25, 0.3) is 0 Å². The summed E-state index contributed by atoms with van der Waals surface area (Å²) in [5, 5.41) is 13.1. The summed E-state index contributed by atoms with van der Waals surface area (Å²) in [7, 11) is 0. The molecule has 0 radical (unpaired) electrons. The normalized spacial score (nSPS) is 22.7. The molecule has 4 heteroatoms. The first kappa shape index (κ1) is 16.1. The SMILES string of the molecule is N#Cc1cc2c(nc1NC1CCOC(c3ccccc3)C1)CCCC2. The molecule has 25 heavy (non-hydrogen) atoms. The van der Waals surface area contributed by atoms with Crippen LogP contribution in [0, 0.1) is 11.3 Å². The van der Waals surface area contributed by atoms with Crippen LogP contribution in [-0.4, -0.2) is 17.6 Å². The zero-order valence-electron chi connectivity index (χ0n) is 14.4. The number of nitrogens with one attached hydrogen (secondary N) is 1. The maximum atomic E-state index is 9.52. The summed E-state index contributed by atoms with van der Waals surface area (Å²) in [5.74, 6) is 0.752. The van der Waals surface area contributed by atoms with Crippen molar-refractivity contribution in [2.24, 2.45) is 0 Å². The quantitative estimate of drug-likeness (QED) is 0.916. The lowest BCUT2D eigenvalue weighted by atomic mass is 9.94. The molecule has 1 saturated heterocycles.